The van der Waals surface area contributed by atoms with Crippen LogP contribution >= 0.6 is 0 Å². The fourth-order valence-corrected chi connectivity index (χ4v) is 2.34. The van der Waals surface area contributed by atoms with Gasteiger partial charge in [-0.15, -0.1) is 0 Å². The van der Waals surface area contributed by atoms with E-state index in [0.717, 1.165) is 16.8 Å². The quantitative estimate of drug-likeness (QED) is 0.886. The molecule has 0 radical (unpaired) electrons. The molecule has 3 rings (SSSR count). The summed E-state index contributed by atoms with van der Waals surface area (Å²) < 4.78 is 0. The Morgan fingerprint density at radius 1 is 1.00 bits per heavy atom. The van der Waals surface area contributed by atoms with E-state index in [0.29, 0.717) is 11.5 Å². The first kappa shape index (κ1) is 15.0. The van der Waals surface area contributed by atoms with Crippen molar-refractivity contribution in [3.8, 4) is 0 Å². The monoisotopic (exact) mass is 305 g/mol. The molecule has 4 heteroatoms. The van der Waals surface area contributed by atoms with Crippen molar-refractivity contribution >= 4 is 23.5 Å². The van der Waals surface area contributed by atoms with Crippen LogP contribution in [0.15, 0.2) is 59.2 Å². The Labute approximate surface area is 136 Å². The minimum absolute atomic E-state index is 0.169. The highest BCUT2D eigenvalue weighted by atomic mass is 16.2. The van der Waals surface area contributed by atoms with Gasteiger partial charge in [-0.2, -0.15) is 0 Å². The maximum atomic E-state index is 12.1. The predicted molar refractivity (Wildman–Crippen MR) is 94.6 cm³/mol. The molecule has 116 valence electrons. The molecule has 2 aromatic rings. The Balaban J connectivity index is 1.87. The molecule has 23 heavy (non-hydrogen) atoms. The molecule has 0 unspecified atom stereocenters. The average molecular weight is 305 g/mol. The smallest absolute Gasteiger partial charge is 0.275 e. The lowest BCUT2D eigenvalue weighted by Crippen LogP contribution is -2.24. The molecular weight excluding hydrogens is 286 g/mol. The highest BCUT2D eigenvalue weighted by Gasteiger charge is 2.20. The summed E-state index contributed by atoms with van der Waals surface area (Å²) in [4.78, 5) is 18.6. The van der Waals surface area contributed by atoms with E-state index in [4.69, 9.17) is 0 Å². The van der Waals surface area contributed by atoms with Crippen molar-refractivity contribution in [2.24, 2.45) is 4.99 Å². The lowest BCUT2D eigenvalue weighted by molar-refractivity contribution is -0.115. The number of nitrogens with zero attached hydrogens (tertiary/aromatic N) is 2. The highest BCUT2D eigenvalue weighted by molar-refractivity contribution is 6.19. The zero-order valence-corrected chi connectivity index (χ0v) is 13.5. The summed E-state index contributed by atoms with van der Waals surface area (Å²) in [6.45, 7) is 2.03. The first-order chi connectivity index (χ1) is 11.0. The fraction of sp³-hybridized carbons (Fsp3) is 0.158. The van der Waals surface area contributed by atoms with Crippen LogP contribution in [-0.2, 0) is 4.79 Å². The molecule has 1 aliphatic heterocycles. The van der Waals surface area contributed by atoms with Crippen LogP contribution in [0.4, 0.5) is 5.69 Å². The number of benzene rings is 2. The van der Waals surface area contributed by atoms with Gasteiger partial charge in [0.05, 0.1) is 0 Å². The summed E-state index contributed by atoms with van der Waals surface area (Å²) in [5, 5.41) is 2.82. The number of amides is 1. The van der Waals surface area contributed by atoms with Crippen LogP contribution in [0.25, 0.3) is 6.08 Å². The molecule has 0 saturated heterocycles. The average Bonchev–Trinajstić information content (AvgIpc) is 2.89. The molecule has 2 aromatic carbocycles. The Bertz CT molecular complexity index is 784. The Morgan fingerprint density at radius 2 is 1.65 bits per heavy atom. The minimum Gasteiger partial charge on any atom is -0.378 e. The number of amidine groups is 1. The van der Waals surface area contributed by atoms with Gasteiger partial charge in [0.15, 0.2) is 0 Å². The largest absolute Gasteiger partial charge is 0.378 e. The summed E-state index contributed by atoms with van der Waals surface area (Å²) in [5.41, 5.74) is 4.59. The summed E-state index contributed by atoms with van der Waals surface area (Å²) in [6, 6.07) is 15.9. The van der Waals surface area contributed by atoms with Crippen molar-refractivity contribution in [2.75, 3.05) is 19.0 Å². The number of aliphatic imine (C=N–C) groups is 1. The van der Waals surface area contributed by atoms with Gasteiger partial charge in [-0.05, 0) is 30.7 Å². The second-order valence-electron chi connectivity index (χ2n) is 5.80. The zero-order chi connectivity index (χ0) is 16.4. The fourth-order valence-electron chi connectivity index (χ4n) is 2.34. The van der Waals surface area contributed by atoms with Gasteiger partial charge in [0, 0.05) is 25.3 Å². The Hall–Kier alpha value is -2.88. The molecule has 1 N–H and O–H groups in total. The van der Waals surface area contributed by atoms with Crippen LogP contribution in [0, 0.1) is 6.92 Å². The van der Waals surface area contributed by atoms with Crippen LogP contribution in [0.2, 0.25) is 0 Å². The van der Waals surface area contributed by atoms with E-state index >= 15 is 0 Å². The van der Waals surface area contributed by atoms with E-state index in [-0.39, 0.29) is 5.91 Å². The summed E-state index contributed by atoms with van der Waals surface area (Å²) >= 11 is 0. The van der Waals surface area contributed by atoms with Crippen LogP contribution in [0.5, 0.6) is 0 Å². The van der Waals surface area contributed by atoms with Crippen molar-refractivity contribution in [2.45, 2.75) is 6.92 Å². The molecule has 4 nitrogen and oxygen atoms in total. The van der Waals surface area contributed by atoms with Crippen LogP contribution < -0.4 is 10.2 Å². The van der Waals surface area contributed by atoms with Crippen molar-refractivity contribution in [1.82, 2.24) is 5.32 Å². The van der Waals surface area contributed by atoms with E-state index in [1.54, 1.807) is 6.08 Å². The zero-order valence-electron chi connectivity index (χ0n) is 13.5. The Kier molecular flexibility index (Phi) is 3.98. The summed E-state index contributed by atoms with van der Waals surface area (Å²) in [5.74, 6) is 0.434. The lowest BCUT2D eigenvalue weighted by atomic mass is 10.1. The third-order valence-corrected chi connectivity index (χ3v) is 3.73. The number of hydrogen-bond acceptors (Lipinski definition) is 3. The maximum absolute atomic E-state index is 12.1. The van der Waals surface area contributed by atoms with Crippen molar-refractivity contribution in [3.63, 3.8) is 0 Å². The summed E-state index contributed by atoms with van der Waals surface area (Å²) in [7, 11) is 3.99. The number of carbonyl (C=O) groups is 1. The van der Waals surface area contributed by atoms with Gasteiger partial charge in [-0.1, -0.05) is 42.0 Å². The number of anilines is 1. The summed E-state index contributed by atoms with van der Waals surface area (Å²) in [6.07, 6.45) is 1.80. The lowest BCUT2D eigenvalue weighted by Gasteiger charge is -2.11. The van der Waals surface area contributed by atoms with E-state index in [1.807, 2.05) is 74.4 Å². The molecule has 0 fully saturated rings. The second-order valence-corrected chi connectivity index (χ2v) is 5.80. The molecule has 1 amide bonds. The van der Waals surface area contributed by atoms with Gasteiger partial charge in [0.2, 0.25) is 0 Å². The van der Waals surface area contributed by atoms with Crippen molar-refractivity contribution in [1.29, 1.82) is 0 Å². The van der Waals surface area contributed by atoms with Crippen molar-refractivity contribution < 1.29 is 4.79 Å². The first-order valence-electron chi connectivity index (χ1n) is 7.49. The van der Waals surface area contributed by atoms with Crippen LogP contribution in [0.3, 0.4) is 0 Å². The van der Waals surface area contributed by atoms with E-state index in [9.17, 15) is 4.79 Å². The van der Waals surface area contributed by atoms with E-state index in [2.05, 4.69) is 10.3 Å². The third kappa shape index (κ3) is 3.31. The SMILES string of the molecule is Cc1ccc(C2=N/C(=C/c3ccc(N(C)C)cc3)C(=O)N2)cc1. The second kappa shape index (κ2) is 6.08. The van der Waals surface area contributed by atoms with Crippen LogP contribution in [0.1, 0.15) is 16.7 Å². The highest BCUT2D eigenvalue weighted by Crippen LogP contribution is 2.18. The van der Waals surface area contributed by atoms with Gasteiger partial charge >= 0.3 is 0 Å². The first-order valence-corrected chi connectivity index (χ1v) is 7.49. The van der Waals surface area contributed by atoms with E-state index in [1.165, 1.54) is 5.56 Å². The van der Waals surface area contributed by atoms with Crippen molar-refractivity contribution in [3.05, 3.63) is 70.9 Å². The molecule has 0 spiro atoms. The third-order valence-electron chi connectivity index (χ3n) is 3.73. The molecule has 0 atom stereocenters. The van der Waals surface area contributed by atoms with Gasteiger partial charge in [0.1, 0.15) is 11.5 Å². The standard InChI is InChI=1S/C19H19N3O/c1-13-4-8-15(9-5-13)18-20-17(19(23)21-18)12-14-6-10-16(11-7-14)22(2)3/h4-12H,1-3H3,(H,20,21,23)/b17-12+. The maximum Gasteiger partial charge on any atom is 0.275 e. The number of rotatable bonds is 3. The van der Waals surface area contributed by atoms with Gasteiger partial charge in [-0.3, -0.25) is 4.79 Å². The Morgan fingerprint density at radius 3 is 2.26 bits per heavy atom. The van der Waals surface area contributed by atoms with Gasteiger partial charge < -0.3 is 10.2 Å². The molecule has 0 saturated carbocycles. The number of hydrogen-bond donors (Lipinski definition) is 1. The number of aryl methyl sites for hydroxylation is 1. The normalized spacial score (nSPS) is 15.5. The molecular formula is C19H19N3O. The topological polar surface area (TPSA) is 44.7 Å². The van der Waals surface area contributed by atoms with Crippen LogP contribution in [-0.4, -0.2) is 25.8 Å². The van der Waals surface area contributed by atoms with E-state index < -0.39 is 0 Å². The number of nitrogens with one attached hydrogen (secondary N) is 1. The minimum atomic E-state index is -0.169. The number of carbonyl (C=O) groups excluding carboxylic acids is 1. The molecule has 1 heterocycles. The van der Waals surface area contributed by atoms with Gasteiger partial charge in [-0.25, -0.2) is 4.99 Å². The van der Waals surface area contributed by atoms with Gasteiger partial charge in [0.25, 0.3) is 5.91 Å². The molecule has 0 aromatic heterocycles. The molecule has 0 aliphatic carbocycles. The predicted octanol–water partition coefficient (Wildman–Crippen LogP) is 2.98. The molecule has 0 bridgehead atoms. The molecule has 1 aliphatic rings.